The molecule has 0 unspecified atom stereocenters. The van der Waals surface area contributed by atoms with Crippen molar-refractivity contribution in [3.8, 4) is 5.82 Å². The smallest absolute Gasteiger partial charge is 0.285 e. The van der Waals surface area contributed by atoms with Gasteiger partial charge in [0.15, 0.2) is 0 Å². The molecule has 2 aromatic rings. The lowest BCUT2D eigenvalue weighted by atomic mass is 10.3. The van der Waals surface area contributed by atoms with Crippen LogP contribution in [0.2, 0.25) is 5.28 Å². The SMILES string of the molecule is Cc1nc(Cl)nc(-n2ccnc2)c1[N+](=O)[O-]. The summed E-state index contributed by atoms with van der Waals surface area (Å²) >= 11 is 5.67. The van der Waals surface area contributed by atoms with Gasteiger partial charge in [-0.25, -0.2) is 9.97 Å². The van der Waals surface area contributed by atoms with Crippen LogP contribution in [0.4, 0.5) is 5.69 Å². The van der Waals surface area contributed by atoms with Crippen LogP contribution in [-0.4, -0.2) is 24.4 Å². The Bertz CT molecular complexity index is 540. The van der Waals surface area contributed by atoms with Crippen molar-refractivity contribution in [3.05, 3.63) is 39.8 Å². The topological polar surface area (TPSA) is 86.7 Å². The molecule has 0 amide bonds. The monoisotopic (exact) mass is 239 g/mol. The van der Waals surface area contributed by atoms with E-state index in [9.17, 15) is 10.1 Å². The summed E-state index contributed by atoms with van der Waals surface area (Å²) in [5.74, 6) is 0.111. The molecule has 16 heavy (non-hydrogen) atoms. The van der Waals surface area contributed by atoms with Gasteiger partial charge < -0.3 is 0 Å². The number of aryl methyl sites for hydroxylation is 1. The largest absolute Gasteiger partial charge is 0.333 e. The van der Waals surface area contributed by atoms with E-state index < -0.39 is 4.92 Å². The van der Waals surface area contributed by atoms with Crippen LogP contribution < -0.4 is 0 Å². The summed E-state index contributed by atoms with van der Waals surface area (Å²) in [6, 6.07) is 0. The highest BCUT2D eigenvalue weighted by molar-refractivity contribution is 6.28. The maximum Gasteiger partial charge on any atom is 0.333 e. The molecule has 2 aromatic heterocycles. The van der Waals surface area contributed by atoms with E-state index in [0.29, 0.717) is 0 Å². The molecule has 7 nitrogen and oxygen atoms in total. The van der Waals surface area contributed by atoms with Crippen LogP contribution in [-0.2, 0) is 0 Å². The minimum atomic E-state index is -0.541. The van der Waals surface area contributed by atoms with Crippen LogP contribution in [0.15, 0.2) is 18.7 Å². The maximum atomic E-state index is 10.9. The van der Waals surface area contributed by atoms with Crippen LogP contribution in [0.5, 0.6) is 0 Å². The Morgan fingerprint density at radius 1 is 1.50 bits per heavy atom. The number of hydrogen-bond donors (Lipinski definition) is 0. The Morgan fingerprint density at radius 3 is 2.81 bits per heavy atom. The molecule has 0 saturated carbocycles. The Labute approximate surface area is 94.9 Å². The second kappa shape index (κ2) is 3.86. The average Bonchev–Trinajstić information content (AvgIpc) is 2.67. The van der Waals surface area contributed by atoms with Gasteiger partial charge in [0, 0.05) is 12.4 Å². The lowest BCUT2D eigenvalue weighted by molar-refractivity contribution is -0.385. The van der Waals surface area contributed by atoms with E-state index in [1.165, 1.54) is 24.0 Å². The summed E-state index contributed by atoms with van der Waals surface area (Å²) in [6.07, 6.45) is 4.45. The summed E-state index contributed by atoms with van der Waals surface area (Å²) in [5.41, 5.74) is 0.0381. The first-order valence-corrected chi connectivity index (χ1v) is 4.64. The van der Waals surface area contributed by atoms with E-state index in [1.54, 1.807) is 6.20 Å². The van der Waals surface area contributed by atoms with Gasteiger partial charge in [0.25, 0.3) is 0 Å². The van der Waals surface area contributed by atoms with Gasteiger partial charge in [-0.15, -0.1) is 0 Å². The summed E-state index contributed by atoms with van der Waals surface area (Å²) in [6.45, 7) is 1.51. The fourth-order valence-electron chi connectivity index (χ4n) is 1.30. The molecule has 0 aromatic carbocycles. The molecule has 0 radical (unpaired) electrons. The summed E-state index contributed by atoms with van der Waals surface area (Å²) in [4.78, 5) is 21.7. The molecule has 82 valence electrons. The number of hydrogen-bond acceptors (Lipinski definition) is 5. The van der Waals surface area contributed by atoms with E-state index in [2.05, 4.69) is 15.0 Å². The zero-order chi connectivity index (χ0) is 11.7. The van der Waals surface area contributed by atoms with Crippen molar-refractivity contribution in [1.82, 2.24) is 19.5 Å². The van der Waals surface area contributed by atoms with Crippen LogP contribution in [0, 0.1) is 17.0 Å². The molecular weight excluding hydrogens is 234 g/mol. The zero-order valence-electron chi connectivity index (χ0n) is 8.16. The molecule has 0 aliphatic heterocycles. The highest BCUT2D eigenvalue weighted by Crippen LogP contribution is 2.24. The van der Waals surface area contributed by atoms with Gasteiger partial charge in [0.1, 0.15) is 12.0 Å². The molecular formula is C8H6ClN5O2. The molecule has 0 spiro atoms. The van der Waals surface area contributed by atoms with Crippen LogP contribution in [0.1, 0.15) is 5.69 Å². The van der Waals surface area contributed by atoms with E-state index in [4.69, 9.17) is 11.6 Å². The molecule has 0 aliphatic rings. The molecule has 0 atom stereocenters. The highest BCUT2D eigenvalue weighted by Gasteiger charge is 2.22. The van der Waals surface area contributed by atoms with Crippen LogP contribution >= 0.6 is 11.6 Å². The average molecular weight is 240 g/mol. The first-order valence-electron chi connectivity index (χ1n) is 4.26. The third-order valence-corrected chi connectivity index (χ3v) is 2.11. The number of halogens is 1. The number of nitro groups is 1. The standard InChI is InChI=1S/C8H6ClN5O2/c1-5-6(14(15)16)7(12-8(9)11-5)13-3-2-10-4-13/h2-4H,1H3. The summed E-state index contributed by atoms with van der Waals surface area (Å²) in [7, 11) is 0. The van der Waals surface area contributed by atoms with Gasteiger partial charge in [-0.1, -0.05) is 0 Å². The van der Waals surface area contributed by atoms with Crippen LogP contribution in [0.25, 0.3) is 5.82 Å². The van der Waals surface area contributed by atoms with Gasteiger partial charge in [0.05, 0.1) is 4.92 Å². The Hall–Kier alpha value is -2.02. The second-order valence-corrected chi connectivity index (χ2v) is 3.32. The first kappa shape index (κ1) is 10.5. The van der Waals surface area contributed by atoms with E-state index in [1.807, 2.05) is 0 Å². The highest BCUT2D eigenvalue weighted by atomic mass is 35.5. The maximum absolute atomic E-state index is 10.9. The van der Waals surface area contributed by atoms with Crippen molar-refractivity contribution >= 4 is 17.3 Å². The van der Waals surface area contributed by atoms with E-state index in [0.717, 1.165) is 0 Å². The Balaban J connectivity index is 2.72. The summed E-state index contributed by atoms with van der Waals surface area (Å²) < 4.78 is 1.42. The number of rotatable bonds is 2. The first-order chi connectivity index (χ1) is 7.59. The lowest BCUT2D eigenvalue weighted by Crippen LogP contribution is -2.05. The van der Waals surface area contributed by atoms with Crippen molar-refractivity contribution in [2.24, 2.45) is 0 Å². The van der Waals surface area contributed by atoms with Gasteiger partial charge in [0.2, 0.25) is 11.1 Å². The van der Waals surface area contributed by atoms with Crippen LogP contribution in [0.3, 0.4) is 0 Å². The third kappa shape index (κ3) is 1.72. The van der Waals surface area contributed by atoms with Crippen molar-refractivity contribution in [1.29, 1.82) is 0 Å². The molecule has 0 saturated heterocycles. The van der Waals surface area contributed by atoms with Crippen molar-refractivity contribution in [3.63, 3.8) is 0 Å². The van der Waals surface area contributed by atoms with Crippen molar-refractivity contribution in [2.75, 3.05) is 0 Å². The lowest BCUT2D eigenvalue weighted by Gasteiger charge is -2.04. The van der Waals surface area contributed by atoms with Crippen molar-refractivity contribution < 1.29 is 4.92 Å². The summed E-state index contributed by atoms with van der Waals surface area (Å²) in [5, 5.41) is 10.9. The molecule has 8 heteroatoms. The van der Waals surface area contributed by atoms with Gasteiger partial charge in [-0.05, 0) is 18.5 Å². The minimum Gasteiger partial charge on any atom is -0.285 e. The number of aromatic nitrogens is 4. The predicted octanol–water partition coefficient (Wildman–Crippen LogP) is 1.53. The number of imidazole rings is 1. The Kier molecular flexibility index (Phi) is 2.53. The molecule has 0 fully saturated rings. The molecule has 2 heterocycles. The minimum absolute atomic E-state index is 0.0354. The zero-order valence-corrected chi connectivity index (χ0v) is 8.92. The normalized spacial score (nSPS) is 10.4. The van der Waals surface area contributed by atoms with Crippen molar-refractivity contribution in [2.45, 2.75) is 6.92 Å². The quantitative estimate of drug-likeness (QED) is 0.451. The third-order valence-electron chi connectivity index (χ3n) is 1.94. The van der Waals surface area contributed by atoms with E-state index in [-0.39, 0.29) is 22.5 Å². The predicted molar refractivity (Wildman–Crippen MR) is 55.6 cm³/mol. The second-order valence-electron chi connectivity index (χ2n) is 2.98. The molecule has 0 aliphatic carbocycles. The fourth-order valence-corrected chi connectivity index (χ4v) is 1.50. The number of nitrogens with zero attached hydrogens (tertiary/aromatic N) is 5. The fraction of sp³-hybridized carbons (Fsp3) is 0.125. The van der Waals surface area contributed by atoms with E-state index >= 15 is 0 Å². The Morgan fingerprint density at radius 2 is 2.25 bits per heavy atom. The molecule has 0 N–H and O–H groups in total. The van der Waals surface area contributed by atoms with Gasteiger partial charge >= 0.3 is 5.69 Å². The molecule has 0 bridgehead atoms. The van der Waals surface area contributed by atoms with Gasteiger partial charge in [-0.2, -0.15) is 4.98 Å². The van der Waals surface area contributed by atoms with Gasteiger partial charge in [-0.3, -0.25) is 14.7 Å². The molecule has 2 rings (SSSR count).